The highest BCUT2D eigenvalue weighted by atomic mass is 32.2. The summed E-state index contributed by atoms with van der Waals surface area (Å²) in [5, 5.41) is 11.6. The highest BCUT2D eigenvalue weighted by Gasteiger charge is 2.56. The molecule has 1 aromatic rings. The molecule has 0 aliphatic carbocycles. The van der Waals surface area contributed by atoms with Crippen LogP contribution < -0.4 is 5.32 Å². The number of fused-ring (bicyclic) bond motifs is 1. The van der Waals surface area contributed by atoms with Crippen LogP contribution in [0.1, 0.15) is 0 Å². The Balaban J connectivity index is 1.57. The van der Waals surface area contributed by atoms with E-state index in [1.54, 1.807) is 0 Å². The van der Waals surface area contributed by atoms with Crippen molar-refractivity contribution in [3.05, 3.63) is 42.5 Å². The normalized spacial score (nSPS) is 25.7. The first-order valence-corrected chi connectivity index (χ1v) is 9.34. The molecular formula is C16H16N2O4S2. The standard InChI is InChI=1S/C16H16N2O4S2/c1-9-7-24-15-12(14(20)18(15)13(9)16(21)22)17-11(19)8-23-10-5-3-2-4-6-10/h2-6,12-13,15H,1,7-8H2,(H,17,19)(H,21,22)/t12?,13?,15-/m0/s1. The lowest BCUT2D eigenvalue weighted by Crippen LogP contribution is -2.74. The van der Waals surface area contributed by atoms with Gasteiger partial charge in [0, 0.05) is 10.6 Å². The predicted octanol–water partition coefficient (Wildman–Crippen LogP) is 1.19. The van der Waals surface area contributed by atoms with Crippen LogP contribution in [-0.4, -0.2) is 56.8 Å². The van der Waals surface area contributed by atoms with E-state index in [4.69, 9.17) is 0 Å². The molecule has 2 saturated heterocycles. The Kier molecular flexibility index (Phi) is 4.86. The highest BCUT2D eigenvalue weighted by molar-refractivity contribution is 8.00. The molecule has 0 spiro atoms. The fraction of sp³-hybridized carbons (Fsp3) is 0.312. The van der Waals surface area contributed by atoms with Crippen molar-refractivity contribution < 1.29 is 19.5 Å². The molecule has 0 aromatic heterocycles. The van der Waals surface area contributed by atoms with Crippen LogP contribution in [0, 0.1) is 0 Å². The number of rotatable bonds is 5. The largest absolute Gasteiger partial charge is 0.479 e. The number of amides is 2. The topological polar surface area (TPSA) is 86.7 Å². The van der Waals surface area contributed by atoms with E-state index in [1.165, 1.54) is 28.4 Å². The number of carbonyl (C=O) groups is 3. The van der Waals surface area contributed by atoms with Gasteiger partial charge in [-0.3, -0.25) is 9.59 Å². The van der Waals surface area contributed by atoms with Gasteiger partial charge in [0.2, 0.25) is 11.8 Å². The molecule has 2 amide bonds. The van der Waals surface area contributed by atoms with Gasteiger partial charge in [0.15, 0.2) is 6.04 Å². The Morgan fingerprint density at radius 3 is 2.75 bits per heavy atom. The Labute approximate surface area is 147 Å². The Hall–Kier alpha value is -1.93. The fourth-order valence-electron chi connectivity index (χ4n) is 2.71. The zero-order valence-corrected chi connectivity index (χ0v) is 14.3. The van der Waals surface area contributed by atoms with Crippen LogP contribution >= 0.6 is 23.5 Å². The molecule has 2 aliphatic rings. The van der Waals surface area contributed by atoms with Crippen molar-refractivity contribution in [2.75, 3.05) is 11.5 Å². The maximum absolute atomic E-state index is 12.3. The van der Waals surface area contributed by atoms with Gasteiger partial charge in [0.25, 0.3) is 0 Å². The second kappa shape index (κ2) is 6.90. The summed E-state index contributed by atoms with van der Waals surface area (Å²) in [5.41, 5.74) is 0.501. The van der Waals surface area contributed by atoms with Gasteiger partial charge in [-0.1, -0.05) is 24.8 Å². The molecule has 24 heavy (non-hydrogen) atoms. The number of hydrogen-bond acceptors (Lipinski definition) is 5. The first-order chi connectivity index (χ1) is 11.5. The quantitative estimate of drug-likeness (QED) is 0.464. The molecule has 0 saturated carbocycles. The lowest BCUT2D eigenvalue weighted by Gasteiger charge is -2.52. The van der Waals surface area contributed by atoms with Crippen LogP contribution in [0.3, 0.4) is 0 Å². The van der Waals surface area contributed by atoms with E-state index in [-0.39, 0.29) is 22.9 Å². The number of carboxylic acid groups (broad SMARTS) is 1. The molecule has 6 nitrogen and oxygen atoms in total. The number of carboxylic acids is 1. The van der Waals surface area contributed by atoms with Crippen LogP contribution in [0.2, 0.25) is 0 Å². The molecular weight excluding hydrogens is 348 g/mol. The van der Waals surface area contributed by atoms with Gasteiger partial charge in [-0.25, -0.2) is 4.79 Å². The Morgan fingerprint density at radius 2 is 2.08 bits per heavy atom. The van der Waals surface area contributed by atoms with Crippen molar-refractivity contribution in [1.29, 1.82) is 0 Å². The van der Waals surface area contributed by atoms with Gasteiger partial charge in [0.05, 0.1) is 5.75 Å². The van der Waals surface area contributed by atoms with Crippen molar-refractivity contribution in [2.24, 2.45) is 0 Å². The lowest BCUT2D eigenvalue weighted by atomic mass is 9.99. The first-order valence-electron chi connectivity index (χ1n) is 7.30. The van der Waals surface area contributed by atoms with Crippen LogP contribution in [-0.2, 0) is 14.4 Å². The molecule has 2 heterocycles. The van der Waals surface area contributed by atoms with Crippen molar-refractivity contribution >= 4 is 41.3 Å². The third-order valence-electron chi connectivity index (χ3n) is 3.85. The summed E-state index contributed by atoms with van der Waals surface area (Å²) in [6, 6.07) is 7.86. The minimum Gasteiger partial charge on any atom is -0.479 e. The van der Waals surface area contributed by atoms with Crippen molar-refractivity contribution in [3.63, 3.8) is 0 Å². The van der Waals surface area contributed by atoms with Crippen LogP contribution in [0.25, 0.3) is 0 Å². The van der Waals surface area contributed by atoms with Crippen LogP contribution in [0.15, 0.2) is 47.4 Å². The number of thioether (sulfide) groups is 2. The van der Waals surface area contributed by atoms with Crippen LogP contribution in [0.4, 0.5) is 0 Å². The summed E-state index contributed by atoms with van der Waals surface area (Å²) in [6.07, 6.45) is 0. The van der Waals surface area contributed by atoms with Gasteiger partial charge >= 0.3 is 5.97 Å². The fourth-order valence-corrected chi connectivity index (χ4v) is 4.75. The lowest BCUT2D eigenvalue weighted by molar-refractivity contribution is -0.160. The second-order valence-electron chi connectivity index (χ2n) is 5.49. The Bertz CT molecular complexity index is 695. The number of aliphatic carboxylic acids is 1. The molecule has 8 heteroatoms. The second-order valence-corrected chi connectivity index (χ2v) is 7.65. The maximum Gasteiger partial charge on any atom is 0.330 e. The van der Waals surface area contributed by atoms with Crippen molar-refractivity contribution in [2.45, 2.75) is 22.4 Å². The summed E-state index contributed by atoms with van der Waals surface area (Å²) in [4.78, 5) is 37.9. The van der Waals surface area contributed by atoms with E-state index >= 15 is 0 Å². The molecule has 2 N–H and O–H groups in total. The maximum atomic E-state index is 12.3. The molecule has 126 valence electrons. The number of nitrogens with one attached hydrogen (secondary N) is 1. The molecule has 2 unspecified atom stereocenters. The molecule has 1 aromatic carbocycles. The van der Waals surface area contributed by atoms with Gasteiger partial charge in [-0.15, -0.1) is 23.5 Å². The monoisotopic (exact) mass is 364 g/mol. The molecule has 2 fully saturated rings. The molecule has 3 atom stereocenters. The summed E-state index contributed by atoms with van der Waals surface area (Å²) in [7, 11) is 0. The van der Waals surface area contributed by atoms with E-state index in [0.717, 1.165) is 4.90 Å². The van der Waals surface area contributed by atoms with E-state index < -0.39 is 18.1 Å². The number of carbonyl (C=O) groups excluding carboxylic acids is 2. The summed E-state index contributed by atoms with van der Waals surface area (Å²) in [5.74, 6) is -1.00. The minimum absolute atomic E-state index is 0.209. The molecule has 0 bridgehead atoms. The number of hydrogen-bond donors (Lipinski definition) is 2. The summed E-state index contributed by atoms with van der Waals surface area (Å²) < 4.78 is 0. The third kappa shape index (κ3) is 3.16. The van der Waals surface area contributed by atoms with E-state index in [9.17, 15) is 19.5 Å². The van der Waals surface area contributed by atoms with Crippen molar-refractivity contribution in [3.8, 4) is 0 Å². The van der Waals surface area contributed by atoms with Crippen molar-refractivity contribution in [1.82, 2.24) is 10.2 Å². The van der Waals surface area contributed by atoms with Crippen LogP contribution in [0.5, 0.6) is 0 Å². The third-order valence-corrected chi connectivity index (χ3v) is 6.24. The molecule has 2 aliphatic heterocycles. The van der Waals surface area contributed by atoms with E-state index in [1.807, 2.05) is 30.3 Å². The smallest absolute Gasteiger partial charge is 0.330 e. The number of β-lactam (4-membered cyclic amide) rings is 1. The molecule has 3 rings (SSSR count). The summed E-state index contributed by atoms with van der Waals surface area (Å²) >= 11 is 2.82. The number of nitrogens with zero attached hydrogens (tertiary/aromatic N) is 1. The minimum atomic E-state index is -1.08. The average Bonchev–Trinajstić information content (AvgIpc) is 2.58. The van der Waals surface area contributed by atoms with Gasteiger partial charge < -0.3 is 15.3 Å². The number of benzene rings is 1. The average molecular weight is 364 g/mol. The SMILES string of the molecule is C=C1CS[C@H]2C(NC(=O)CSc3ccccc3)C(=O)N2C1C(=O)O. The Morgan fingerprint density at radius 1 is 1.38 bits per heavy atom. The predicted molar refractivity (Wildman–Crippen MR) is 92.8 cm³/mol. The first kappa shape index (κ1) is 16.9. The van der Waals surface area contributed by atoms with Gasteiger partial charge in [-0.2, -0.15) is 0 Å². The van der Waals surface area contributed by atoms with E-state index in [0.29, 0.717) is 11.3 Å². The highest BCUT2D eigenvalue weighted by Crippen LogP contribution is 2.39. The van der Waals surface area contributed by atoms with Gasteiger partial charge in [-0.05, 0) is 17.7 Å². The molecule has 0 radical (unpaired) electrons. The zero-order valence-electron chi connectivity index (χ0n) is 12.7. The van der Waals surface area contributed by atoms with E-state index in [2.05, 4.69) is 11.9 Å². The summed E-state index contributed by atoms with van der Waals surface area (Å²) in [6.45, 7) is 3.73. The zero-order chi connectivity index (χ0) is 17.3. The van der Waals surface area contributed by atoms with Gasteiger partial charge in [0.1, 0.15) is 11.4 Å².